The molecule has 2 rings (SSSR count). The summed E-state index contributed by atoms with van der Waals surface area (Å²) in [6, 6.07) is 0.485. The van der Waals surface area contributed by atoms with Crippen molar-refractivity contribution < 1.29 is 0 Å². The predicted molar refractivity (Wildman–Crippen MR) is 88.5 cm³/mol. The zero-order chi connectivity index (χ0) is 15.4. The number of halogens is 1. The third-order valence-electron chi connectivity index (χ3n) is 4.03. The van der Waals surface area contributed by atoms with Gasteiger partial charge in [0.05, 0.1) is 12.2 Å². The number of nitrogens with two attached hydrogens (primary N) is 1. The molecule has 5 nitrogen and oxygen atoms in total. The highest BCUT2D eigenvalue weighted by Gasteiger charge is 2.33. The van der Waals surface area contributed by atoms with Crippen molar-refractivity contribution in [2.75, 3.05) is 4.90 Å². The molecule has 2 unspecified atom stereocenters. The summed E-state index contributed by atoms with van der Waals surface area (Å²) in [6.45, 7) is 6.54. The van der Waals surface area contributed by atoms with Crippen LogP contribution in [0.3, 0.4) is 0 Å². The van der Waals surface area contributed by atoms with Gasteiger partial charge in [-0.25, -0.2) is 9.98 Å². The summed E-state index contributed by atoms with van der Waals surface area (Å²) in [7, 11) is 0. The van der Waals surface area contributed by atoms with Gasteiger partial charge in [0.2, 0.25) is 5.28 Å². The van der Waals surface area contributed by atoms with Crippen LogP contribution in [0.4, 0.5) is 11.5 Å². The SMILES string of the molecule is CCCCC(CC)N1c2nc(Cl)ncc2N=C(N)C1CC. The van der Waals surface area contributed by atoms with Crippen LogP contribution < -0.4 is 10.6 Å². The summed E-state index contributed by atoms with van der Waals surface area (Å²) in [5, 5.41) is 0.259. The number of nitrogens with zero attached hydrogens (tertiary/aromatic N) is 4. The van der Waals surface area contributed by atoms with Crippen molar-refractivity contribution in [3.63, 3.8) is 0 Å². The van der Waals surface area contributed by atoms with Crippen molar-refractivity contribution in [2.24, 2.45) is 10.7 Å². The van der Waals surface area contributed by atoms with E-state index in [0.29, 0.717) is 11.9 Å². The summed E-state index contributed by atoms with van der Waals surface area (Å²) < 4.78 is 0. The fourth-order valence-corrected chi connectivity index (χ4v) is 3.06. The predicted octanol–water partition coefficient (Wildman–Crippen LogP) is 3.69. The summed E-state index contributed by atoms with van der Waals surface area (Å²) in [6.07, 6.45) is 7.10. The Labute approximate surface area is 131 Å². The maximum Gasteiger partial charge on any atom is 0.224 e. The topological polar surface area (TPSA) is 67.4 Å². The van der Waals surface area contributed by atoms with E-state index in [4.69, 9.17) is 17.3 Å². The molecule has 0 bridgehead atoms. The molecular weight excluding hydrogens is 286 g/mol. The van der Waals surface area contributed by atoms with Gasteiger partial charge < -0.3 is 10.6 Å². The molecule has 0 amide bonds. The Kier molecular flexibility index (Phi) is 5.39. The van der Waals surface area contributed by atoms with Crippen molar-refractivity contribution in [1.29, 1.82) is 0 Å². The normalized spacial score (nSPS) is 19.1. The van der Waals surface area contributed by atoms with Crippen LogP contribution in [0, 0.1) is 0 Å². The summed E-state index contributed by atoms with van der Waals surface area (Å²) in [5.41, 5.74) is 6.89. The van der Waals surface area contributed by atoms with Crippen LogP contribution in [-0.4, -0.2) is 27.9 Å². The van der Waals surface area contributed by atoms with Crippen LogP contribution in [0.15, 0.2) is 11.2 Å². The number of amidine groups is 1. The van der Waals surface area contributed by atoms with Gasteiger partial charge in [0, 0.05) is 6.04 Å². The summed E-state index contributed by atoms with van der Waals surface area (Å²) in [5.74, 6) is 1.46. The largest absolute Gasteiger partial charge is 0.385 e. The average Bonchev–Trinajstić information content (AvgIpc) is 2.48. The van der Waals surface area contributed by atoms with Crippen LogP contribution in [-0.2, 0) is 0 Å². The lowest BCUT2D eigenvalue weighted by Crippen LogP contribution is -2.52. The maximum absolute atomic E-state index is 6.17. The number of unbranched alkanes of at least 4 members (excludes halogenated alkanes) is 1. The van der Waals surface area contributed by atoms with Crippen LogP contribution in [0.5, 0.6) is 0 Å². The molecule has 0 radical (unpaired) electrons. The molecule has 0 saturated heterocycles. The molecule has 1 aliphatic rings. The van der Waals surface area contributed by atoms with Crippen LogP contribution in [0.25, 0.3) is 0 Å². The average molecular weight is 310 g/mol. The van der Waals surface area contributed by atoms with Crippen LogP contribution in [0.2, 0.25) is 5.28 Å². The number of hydrogen-bond donors (Lipinski definition) is 1. The second kappa shape index (κ2) is 7.07. The number of aliphatic imine (C=N–C) groups is 1. The Hall–Kier alpha value is -1.36. The van der Waals surface area contributed by atoms with E-state index in [-0.39, 0.29) is 11.3 Å². The highest BCUT2D eigenvalue weighted by atomic mass is 35.5. The van der Waals surface area contributed by atoms with Gasteiger partial charge in [0.1, 0.15) is 11.5 Å². The van der Waals surface area contributed by atoms with Gasteiger partial charge in [-0.3, -0.25) is 0 Å². The molecule has 0 spiro atoms. The van der Waals surface area contributed by atoms with Gasteiger partial charge in [0.15, 0.2) is 5.82 Å². The van der Waals surface area contributed by atoms with Crippen molar-refractivity contribution in [3.8, 4) is 0 Å². The fraction of sp³-hybridized carbons (Fsp3) is 0.667. The van der Waals surface area contributed by atoms with Crippen LogP contribution >= 0.6 is 11.6 Å². The highest BCUT2D eigenvalue weighted by Crippen LogP contribution is 2.36. The quantitative estimate of drug-likeness (QED) is 0.814. The van der Waals surface area contributed by atoms with E-state index < -0.39 is 0 Å². The Balaban J connectivity index is 2.44. The highest BCUT2D eigenvalue weighted by molar-refractivity contribution is 6.28. The van der Waals surface area contributed by atoms with E-state index >= 15 is 0 Å². The molecule has 1 aromatic heterocycles. The van der Waals surface area contributed by atoms with Crippen molar-refractivity contribution in [1.82, 2.24) is 9.97 Å². The van der Waals surface area contributed by atoms with Gasteiger partial charge >= 0.3 is 0 Å². The molecule has 2 atom stereocenters. The van der Waals surface area contributed by atoms with Crippen LogP contribution in [0.1, 0.15) is 52.9 Å². The van der Waals surface area contributed by atoms with Gasteiger partial charge in [-0.15, -0.1) is 0 Å². The van der Waals surface area contributed by atoms with Crippen molar-refractivity contribution >= 4 is 28.9 Å². The third kappa shape index (κ3) is 3.28. The molecule has 0 aromatic carbocycles. The molecule has 1 aromatic rings. The first-order valence-electron chi connectivity index (χ1n) is 7.77. The Morgan fingerprint density at radius 1 is 1.38 bits per heavy atom. The monoisotopic (exact) mass is 309 g/mol. The molecular formula is C15H24ClN5. The Bertz CT molecular complexity index is 517. The molecule has 21 heavy (non-hydrogen) atoms. The molecule has 6 heteroatoms. The first-order chi connectivity index (χ1) is 10.1. The zero-order valence-corrected chi connectivity index (χ0v) is 13.8. The second-order valence-corrected chi connectivity index (χ2v) is 5.76. The van der Waals surface area contributed by atoms with E-state index in [1.54, 1.807) is 6.20 Å². The van der Waals surface area contributed by atoms with E-state index in [2.05, 4.69) is 40.6 Å². The minimum Gasteiger partial charge on any atom is -0.385 e. The fourth-order valence-electron chi connectivity index (χ4n) is 2.93. The number of rotatable bonds is 6. The molecule has 0 aliphatic carbocycles. The van der Waals surface area contributed by atoms with Gasteiger partial charge in [-0.05, 0) is 30.9 Å². The molecule has 2 N–H and O–H groups in total. The van der Waals surface area contributed by atoms with E-state index in [9.17, 15) is 0 Å². The molecule has 0 saturated carbocycles. The molecule has 2 heterocycles. The zero-order valence-electron chi connectivity index (χ0n) is 13.0. The van der Waals surface area contributed by atoms with Crippen molar-refractivity contribution in [3.05, 3.63) is 11.5 Å². The standard InChI is InChI=1S/C15H24ClN5/c1-4-7-8-10(5-2)21-12(6-3)13(17)19-11-9-18-15(16)20-14(11)21/h9-10,12H,4-8H2,1-3H3,(H2,17,19). The van der Waals surface area contributed by atoms with E-state index in [1.807, 2.05) is 0 Å². The number of hydrogen-bond acceptors (Lipinski definition) is 5. The molecule has 0 fully saturated rings. The van der Waals surface area contributed by atoms with Gasteiger partial charge in [-0.2, -0.15) is 4.98 Å². The summed E-state index contributed by atoms with van der Waals surface area (Å²) in [4.78, 5) is 15.2. The lowest BCUT2D eigenvalue weighted by molar-refractivity contribution is 0.482. The number of fused-ring (bicyclic) bond motifs is 1. The van der Waals surface area contributed by atoms with Gasteiger partial charge in [-0.1, -0.05) is 33.6 Å². The third-order valence-corrected chi connectivity index (χ3v) is 4.22. The lowest BCUT2D eigenvalue weighted by Gasteiger charge is -2.41. The maximum atomic E-state index is 6.17. The van der Waals surface area contributed by atoms with Gasteiger partial charge in [0.25, 0.3) is 0 Å². The number of aromatic nitrogens is 2. The minimum absolute atomic E-state index is 0.0882. The molecule has 1 aliphatic heterocycles. The Morgan fingerprint density at radius 2 is 2.14 bits per heavy atom. The summed E-state index contributed by atoms with van der Waals surface area (Å²) >= 11 is 5.99. The first kappa shape index (κ1) is 16.0. The molecule has 116 valence electrons. The smallest absolute Gasteiger partial charge is 0.224 e. The van der Waals surface area contributed by atoms with E-state index in [0.717, 1.165) is 30.8 Å². The number of anilines is 1. The minimum atomic E-state index is 0.0882. The van der Waals surface area contributed by atoms with E-state index in [1.165, 1.54) is 12.8 Å². The van der Waals surface area contributed by atoms with Crippen molar-refractivity contribution in [2.45, 2.75) is 65.0 Å². The Morgan fingerprint density at radius 3 is 2.76 bits per heavy atom. The lowest BCUT2D eigenvalue weighted by atomic mass is 10.00. The second-order valence-electron chi connectivity index (χ2n) is 5.42. The first-order valence-corrected chi connectivity index (χ1v) is 8.15.